The van der Waals surface area contributed by atoms with E-state index in [0.29, 0.717) is 0 Å². The maximum absolute atomic E-state index is 3.40. The predicted molar refractivity (Wildman–Crippen MR) is 61.3 cm³/mol. The Bertz CT molecular complexity index is 331. The molecule has 1 saturated heterocycles. The molecule has 0 unspecified atom stereocenters. The summed E-state index contributed by atoms with van der Waals surface area (Å²) in [4.78, 5) is 0. The molecule has 1 heteroatoms. The Morgan fingerprint density at radius 3 is 3.00 bits per heavy atom. The third-order valence-corrected chi connectivity index (χ3v) is 2.62. The molecule has 1 heterocycles. The zero-order chi connectivity index (χ0) is 9.80. The molecule has 0 saturated carbocycles. The van der Waals surface area contributed by atoms with E-state index in [1.807, 2.05) is 0 Å². The van der Waals surface area contributed by atoms with Crippen molar-refractivity contribution in [3.05, 3.63) is 41.0 Å². The van der Waals surface area contributed by atoms with Crippen molar-refractivity contribution >= 4 is 6.08 Å². The average Bonchev–Trinajstić information content (AvgIpc) is 2.19. The third kappa shape index (κ3) is 2.46. The third-order valence-electron chi connectivity index (χ3n) is 2.62. The lowest BCUT2D eigenvalue weighted by molar-refractivity contribution is 0.613. The first-order chi connectivity index (χ1) is 6.84. The van der Waals surface area contributed by atoms with Gasteiger partial charge in [-0.05, 0) is 31.9 Å². The second-order valence-electron chi connectivity index (χ2n) is 4.00. The highest BCUT2D eigenvalue weighted by Gasteiger charge is 2.03. The van der Waals surface area contributed by atoms with Gasteiger partial charge in [0.05, 0.1) is 0 Å². The summed E-state index contributed by atoms with van der Waals surface area (Å²) < 4.78 is 0. The molecule has 1 aliphatic heterocycles. The van der Waals surface area contributed by atoms with Gasteiger partial charge in [0.15, 0.2) is 0 Å². The number of nitrogens with one attached hydrogen (secondary N) is 1. The first kappa shape index (κ1) is 9.47. The number of aryl methyl sites for hydroxylation is 1. The Balaban J connectivity index is 2.15. The molecule has 0 amide bonds. The van der Waals surface area contributed by atoms with Crippen LogP contribution in [0.3, 0.4) is 0 Å². The average molecular weight is 187 g/mol. The van der Waals surface area contributed by atoms with Crippen molar-refractivity contribution in [3.63, 3.8) is 0 Å². The van der Waals surface area contributed by atoms with Crippen LogP contribution in [-0.2, 0) is 0 Å². The standard InChI is InChI=1S/C13H17N/c1-11-4-2-5-12(8-11)9-13-6-3-7-14-10-13/h2,4-5,8-9,14H,3,6-7,10H2,1H3/b13-9-. The molecule has 0 aromatic heterocycles. The normalized spacial score (nSPS) is 19.9. The molecule has 0 bridgehead atoms. The Morgan fingerprint density at radius 1 is 1.36 bits per heavy atom. The molecule has 1 aromatic carbocycles. The number of hydrogen-bond acceptors (Lipinski definition) is 1. The quantitative estimate of drug-likeness (QED) is 0.713. The number of piperidine rings is 1. The lowest BCUT2D eigenvalue weighted by atomic mass is 10.0. The summed E-state index contributed by atoms with van der Waals surface area (Å²) in [6, 6.07) is 8.68. The lowest BCUT2D eigenvalue weighted by Crippen LogP contribution is -2.23. The summed E-state index contributed by atoms with van der Waals surface area (Å²) in [5.41, 5.74) is 4.20. The molecular weight excluding hydrogens is 170 g/mol. The van der Waals surface area contributed by atoms with Crippen molar-refractivity contribution in [2.24, 2.45) is 0 Å². The minimum absolute atomic E-state index is 1.06. The van der Waals surface area contributed by atoms with E-state index in [0.717, 1.165) is 6.54 Å². The zero-order valence-corrected chi connectivity index (χ0v) is 8.72. The van der Waals surface area contributed by atoms with Crippen molar-refractivity contribution in [3.8, 4) is 0 Å². The highest BCUT2D eigenvalue weighted by molar-refractivity contribution is 5.54. The van der Waals surface area contributed by atoms with E-state index in [9.17, 15) is 0 Å². The van der Waals surface area contributed by atoms with Crippen molar-refractivity contribution in [1.82, 2.24) is 5.32 Å². The van der Waals surface area contributed by atoms with Gasteiger partial charge in [0, 0.05) is 6.54 Å². The molecule has 1 nitrogen and oxygen atoms in total. The monoisotopic (exact) mass is 187 g/mol. The molecule has 0 atom stereocenters. The SMILES string of the molecule is Cc1cccc(/C=C2/CCCNC2)c1. The fourth-order valence-corrected chi connectivity index (χ4v) is 1.90. The second-order valence-corrected chi connectivity index (χ2v) is 4.00. The van der Waals surface area contributed by atoms with Crippen LogP contribution >= 0.6 is 0 Å². The summed E-state index contributed by atoms with van der Waals surface area (Å²) in [7, 11) is 0. The van der Waals surface area contributed by atoms with Gasteiger partial charge in [-0.25, -0.2) is 0 Å². The molecule has 1 fully saturated rings. The van der Waals surface area contributed by atoms with E-state index in [1.165, 1.54) is 36.1 Å². The molecular formula is C13H17N. The molecule has 1 N–H and O–H groups in total. The second kappa shape index (κ2) is 4.43. The number of rotatable bonds is 1. The maximum Gasteiger partial charge on any atom is 0.0167 e. The topological polar surface area (TPSA) is 12.0 Å². The maximum atomic E-state index is 3.40. The molecule has 74 valence electrons. The van der Waals surface area contributed by atoms with Gasteiger partial charge >= 0.3 is 0 Å². The van der Waals surface area contributed by atoms with Gasteiger partial charge < -0.3 is 5.32 Å². The van der Waals surface area contributed by atoms with Crippen LogP contribution in [0.2, 0.25) is 0 Å². The van der Waals surface area contributed by atoms with Crippen LogP contribution in [0.1, 0.15) is 24.0 Å². The first-order valence-corrected chi connectivity index (χ1v) is 5.31. The fourth-order valence-electron chi connectivity index (χ4n) is 1.90. The van der Waals surface area contributed by atoms with Crippen LogP contribution in [-0.4, -0.2) is 13.1 Å². The van der Waals surface area contributed by atoms with Crippen molar-refractivity contribution in [2.75, 3.05) is 13.1 Å². The van der Waals surface area contributed by atoms with Gasteiger partial charge in [0.25, 0.3) is 0 Å². The molecule has 1 aromatic rings. The van der Waals surface area contributed by atoms with E-state index in [-0.39, 0.29) is 0 Å². The Kier molecular flexibility index (Phi) is 3.00. The smallest absolute Gasteiger partial charge is 0.0167 e. The summed E-state index contributed by atoms with van der Waals surface area (Å²) in [5.74, 6) is 0. The highest BCUT2D eigenvalue weighted by atomic mass is 14.9. The summed E-state index contributed by atoms with van der Waals surface area (Å²) >= 11 is 0. The van der Waals surface area contributed by atoms with Crippen LogP contribution < -0.4 is 5.32 Å². The minimum Gasteiger partial charge on any atom is -0.313 e. The van der Waals surface area contributed by atoms with Gasteiger partial charge in [-0.1, -0.05) is 41.5 Å². The molecule has 0 aliphatic carbocycles. The number of benzene rings is 1. The van der Waals surface area contributed by atoms with Crippen molar-refractivity contribution in [2.45, 2.75) is 19.8 Å². The van der Waals surface area contributed by atoms with Crippen molar-refractivity contribution in [1.29, 1.82) is 0 Å². The van der Waals surface area contributed by atoms with E-state index in [2.05, 4.69) is 42.6 Å². The Morgan fingerprint density at radius 2 is 2.29 bits per heavy atom. The zero-order valence-electron chi connectivity index (χ0n) is 8.72. The molecule has 2 rings (SSSR count). The van der Waals surface area contributed by atoms with Gasteiger partial charge in [-0.3, -0.25) is 0 Å². The lowest BCUT2D eigenvalue weighted by Gasteiger charge is -2.15. The molecule has 14 heavy (non-hydrogen) atoms. The van der Waals surface area contributed by atoms with Crippen LogP contribution in [0.4, 0.5) is 0 Å². The van der Waals surface area contributed by atoms with Gasteiger partial charge in [-0.15, -0.1) is 0 Å². The van der Waals surface area contributed by atoms with Gasteiger partial charge in [0.2, 0.25) is 0 Å². The molecule has 0 radical (unpaired) electrons. The molecule has 0 spiro atoms. The van der Waals surface area contributed by atoms with E-state index in [1.54, 1.807) is 0 Å². The van der Waals surface area contributed by atoms with E-state index in [4.69, 9.17) is 0 Å². The molecule has 1 aliphatic rings. The minimum atomic E-state index is 1.06. The summed E-state index contributed by atoms with van der Waals surface area (Å²) in [5, 5.41) is 3.40. The fraction of sp³-hybridized carbons (Fsp3) is 0.385. The number of hydrogen-bond donors (Lipinski definition) is 1. The van der Waals surface area contributed by atoms with Crippen LogP contribution in [0.15, 0.2) is 29.8 Å². The van der Waals surface area contributed by atoms with Gasteiger partial charge in [0.1, 0.15) is 0 Å². The Hall–Kier alpha value is -1.08. The largest absolute Gasteiger partial charge is 0.313 e. The van der Waals surface area contributed by atoms with Crippen LogP contribution in [0, 0.1) is 6.92 Å². The Labute approximate surface area is 85.8 Å². The van der Waals surface area contributed by atoms with E-state index < -0.39 is 0 Å². The van der Waals surface area contributed by atoms with Crippen LogP contribution in [0.25, 0.3) is 6.08 Å². The van der Waals surface area contributed by atoms with E-state index >= 15 is 0 Å². The summed E-state index contributed by atoms with van der Waals surface area (Å²) in [6.45, 7) is 4.38. The highest BCUT2D eigenvalue weighted by Crippen LogP contribution is 2.14. The van der Waals surface area contributed by atoms with Crippen LogP contribution in [0.5, 0.6) is 0 Å². The van der Waals surface area contributed by atoms with Crippen molar-refractivity contribution < 1.29 is 0 Å². The first-order valence-electron chi connectivity index (χ1n) is 5.31. The predicted octanol–water partition coefficient (Wildman–Crippen LogP) is 2.76. The summed E-state index contributed by atoms with van der Waals surface area (Å²) in [6.07, 6.45) is 4.84. The van der Waals surface area contributed by atoms with Gasteiger partial charge in [-0.2, -0.15) is 0 Å².